The normalized spacial score (nSPS) is 12.8. The average Bonchev–Trinajstić information content (AvgIpc) is 2.95. The van der Waals surface area contributed by atoms with Crippen LogP contribution in [-0.2, 0) is 21.1 Å². The largest absolute Gasteiger partial charge is 0.355 e. The highest BCUT2D eigenvalue weighted by Crippen LogP contribution is 2.23. The molecule has 5 nitrogen and oxygen atoms in total. The minimum absolute atomic E-state index is 0.372. The van der Waals surface area contributed by atoms with Crippen LogP contribution < -0.4 is 5.32 Å². The van der Waals surface area contributed by atoms with Crippen LogP contribution in [-0.4, -0.2) is 37.4 Å². The second kappa shape index (κ2) is 7.02. The van der Waals surface area contributed by atoms with Gasteiger partial charge in [-0.25, -0.2) is 13.4 Å². The smallest absolute Gasteiger partial charge is 0.238 e. The van der Waals surface area contributed by atoms with Crippen LogP contribution in [0.5, 0.6) is 0 Å². The van der Waals surface area contributed by atoms with Crippen molar-refractivity contribution in [1.29, 1.82) is 0 Å². The molecule has 0 fully saturated rings. The van der Waals surface area contributed by atoms with Gasteiger partial charge < -0.3 is 5.32 Å². The summed E-state index contributed by atoms with van der Waals surface area (Å²) in [4.78, 5) is 16.2. The molecule has 0 saturated heterocycles. The van der Waals surface area contributed by atoms with Gasteiger partial charge >= 0.3 is 0 Å². The summed E-state index contributed by atoms with van der Waals surface area (Å²) < 4.78 is 22.6. The van der Waals surface area contributed by atoms with Crippen molar-refractivity contribution in [3.8, 4) is 10.6 Å². The van der Waals surface area contributed by atoms with E-state index in [1.807, 2.05) is 35.7 Å². The van der Waals surface area contributed by atoms with E-state index in [4.69, 9.17) is 0 Å². The van der Waals surface area contributed by atoms with Crippen molar-refractivity contribution in [2.24, 2.45) is 0 Å². The molecule has 1 N–H and O–H groups in total. The lowest BCUT2D eigenvalue weighted by molar-refractivity contribution is -0.120. The summed E-state index contributed by atoms with van der Waals surface area (Å²) in [5.74, 6) is -0.471. The molecule has 1 amide bonds. The van der Waals surface area contributed by atoms with Gasteiger partial charge in [0.1, 0.15) is 10.3 Å². The predicted molar refractivity (Wildman–Crippen MR) is 88.6 cm³/mol. The minimum atomic E-state index is -3.35. The molecule has 1 atom stereocenters. The highest BCUT2D eigenvalue weighted by atomic mass is 32.2. The molecule has 118 valence electrons. The molecule has 2 rings (SSSR count). The number of nitrogens with one attached hydrogen (secondary N) is 1. The summed E-state index contributed by atoms with van der Waals surface area (Å²) in [6.45, 7) is 1.76. The van der Waals surface area contributed by atoms with Crippen LogP contribution in [0.3, 0.4) is 0 Å². The Labute approximate surface area is 134 Å². The Bertz CT molecular complexity index is 739. The van der Waals surface area contributed by atoms with Gasteiger partial charge in [-0.1, -0.05) is 30.3 Å². The second-order valence-electron chi connectivity index (χ2n) is 5.02. The van der Waals surface area contributed by atoms with Crippen molar-refractivity contribution >= 4 is 27.1 Å². The molecule has 22 heavy (non-hydrogen) atoms. The highest BCUT2D eigenvalue weighted by molar-refractivity contribution is 7.92. The van der Waals surface area contributed by atoms with Gasteiger partial charge in [-0.2, -0.15) is 0 Å². The van der Waals surface area contributed by atoms with E-state index in [9.17, 15) is 13.2 Å². The number of hydrogen-bond acceptors (Lipinski definition) is 5. The Morgan fingerprint density at radius 2 is 2.00 bits per heavy atom. The summed E-state index contributed by atoms with van der Waals surface area (Å²) in [5, 5.41) is 4.50. The zero-order valence-corrected chi connectivity index (χ0v) is 14.1. The van der Waals surface area contributed by atoms with E-state index in [-0.39, 0.29) is 0 Å². The number of benzene rings is 1. The maximum atomic E-state index is 11.7. The first-order valence-electron chi connectivity index (χ1n) is 6.84. The van der Waals surface area contributed by atoms with Crippen molar-refractivity contribution in [2.45, 2.75) is 18.6 Å². The average molecular weight is 338 g/mol. The Morgan fingerprint density at radius 3 is 2.64 bits per heavy atom. The summed E-state index contributed by atoms with van der Waals surface area (Å²) in [6.07, 6.45) is 1.63. The molecule has 1 aromatic heterocycles. The Balaban J connectivity index is 1.89. The molecule has 0 aliphatic carbocycles. The van der Waals surface area contributed by atoms with Gasteiger partial charge in [0.05, 0.1) is 5.69 Å². The Hall–Kier alpha value is -1.73. The third-order valence-electron chi connectivity index (χ3n) is 3.26. The van der Waals surface area contributed by atoms with Crippen LogP contribution in [0.15, 0.2) is 35.7 Å². The fourth-order valence-electron chi connectivity index (χ4n) is 1.79. The fraction of sp³-hybridized carbons (Fsp3) is 0.333. The molecule has 1 aromatic carbocycles. The fourth-order valence-corrected chi connectivity index (χ4v) is 3.12. The van der Waals surface area contributed by atoms with Crippen molar-refractivity contribution in [3.05, 3.63) is 41.4 Å². The number of sulfone groups is 1. The number of nitrogens with zero attached hydrogens (tertiary/aromatic N) is 1. The lowest BCUT2D eigenvalue weighted by Crippen LogP contribution is -2.38. The standard InChI is InChI=1S/C15H18N2O3S2/c1-11(22(2,19)20)14(18)16-9-8-13-10-21-15(17-13)12-6-4-3-5-7-12/h3-7,10-11H,8-9H2,1-2H3,(H,16,18)/t11-/m0/s1. The van der Waals surface area contributed by atoms with Gasteiger partial charge in [0.25, 0.3) is 0 Å². The lowest BCUT2D eigenvalue weighted by Gasteiger charge is -2.09. The first-order chi connectivity index (χ1) is 10.4. The van der Waals surface area contributed by atoms with Crippen LogP contribution in [0.4, 0.5) is 0 Å². The van der Waals surface area contributed by atoms with E-state index in [1.165, 1.54) is 6.92 Å². The van der Waals surface area contributed by atoms with Gasteiger partial charge in [0, 0.05) is 30.2 Å². The summed E-state index contributed by atoms with van der Waals surface area (Å²) >= 11 is 1.55. The minimum Gasteiger partial charge on any atom is -0.355 e. The molecule has 2 aromatic rings. The van der Waals surface area contributed by atoms with Gasteiger partial charge in [-0.15, -0.1) is 11.3 Å². The second-order valence-corrected chi connectivity index (χ2v) is 8.25. The number of thiazole rings is 1. The zero-order chi connectivity index (χ0) is 16.2. The van der Waals surface area contributed by atoms with E-state index in [0.717, 1.165) is 22.5 Å². The van der Waals surface area contributed by atoms with Gasteiger partial charge in [-0.3, -0.25) is 4.79 Å². The van der Waals surface area contributed by atoms with Crippen molar-refractivity contribution in [2.75, 3.05) is 12.8 Å². The van der Waals surface area contributed by atoms with Crippen LogP contribution in [0.1, 0.15) is 12.6 Å². The summed E-state index contributed by atoms with van der Waals surface area (Å²) in [7, 11) is -3.35. The Kier molecular flexibility index (Phi) is 5.31. The number of carbonyl (C=O) groups is 1. The van der Waals surface area contributed by atoms with Crippen molar-refractivity contribution < 1.29 is 13.2 Å². The third-order valence-corrected chi connectivity index (χ3v) is 5.70. The molecule has 7 heteroatoms. The summed E-state index contributed by atoms with van der Waals surface area (Å²) in [5.41, 5.74) is 1.95. The number of carbonyl (C=O) groups excluding carboxylic acids is 1. The zero-order valence-electron chi connectivity index (χ0n) is 12.4. The highest BCUT2D eigenvalue weighted by Gasteiger charge is 2.22. The van der Waals surface area contributed by atoms with E-state index >= 15 is 0 Å². The molecule has 0 radical (unpaired) electrons. The monoisotopic (exact) mass is 338 g/mol. The molecular formula is C15H18N2O3S2. The predicted octanol–water partition coefficient (Wildman–Crippen LogP) is 1.90. The third kappa shape index (κ3) is 4.38. The lowest BCUT2D eigenvalue weighted by atomic mass is 10.2. The van der Waals surface area contributed by atoms with Crippen molar-refractivity contribution in [1.82, 2.24) is 10.3 Å². The van der Waals surface area contributed by atoms with Crippen LogP contribution in [0.2, 0.25) is 0 Å². The number of aromatic nitrogens is 1. The Morgan fingerprint density at radius 1 is 1.32 bits per heavy atom. The molecule has 0 bridgehead atoms. The topological polar surface area (TPSA) is 76.1 Å². The summed E-state index contributed by atoms with van der Waals surface area (Å²) in [6, 6.07) is 9.87. The number of amides is 1. The van der Waals surface area contributed by atoms with E-state index in [2.05, 4.69) is 10.3 Å². The number of hydrogen-bond donors (Lipinski definition) is 1. The van der Waals surface area contributed by atoms with Crippen LogP contribution in [0.25, 0.3) is 10.6 Å². The maximum absolute atomic E-state index is 11.7. The first kappa shape index (κ1) is 16.6. The quantitative estimate of drug-likeness (QED) is 0.873. The van der Waals surface area contributed by atoms with Gasteiger partial charge in [-0.05, 0) is 6.92 Å². The molecule has 0 aliphatic heterocycles. The van der Waals surface area contributed by atoms with E-state index < -0.39 is 21.0 Å². The van der Waals surface area contributed by atoms with Crippen molar-refractivity contribution in [3.63, 3.8) is 0 Å². The molecule has 0 aliphatic rings. The van der Waals surface area contributed by atoms with Gasteiger partial charge in [0.15, 0.2) is 9.84 Å². The van der Waals surface area contributed by atoms with Crippen LogP contribution in [0, 0.1) is 0 Å². The molecule has 0 spiro atoms. The van der Waals surface area contributed by atoms with E-state index in [0.29, 0.717) is 13.0 Å². The van der Waals surface area contributed by atoms with Gasteiger partial charge in [0.2, 0.25) is 5.91 Å². The number of rotatable bonds is 6. The molecular weight excluding hydrogens is 320 g/mol. The first-order valence-corrected chi connectivity index (χ1v) is 9.68. The van der Waals surface area contributed by atoms with Crippen LogP contribution >= 0.6 is 11.3 Å². The SMILES string of the molecule is C[C@@H](C(=O)NCCc1csc(-c2ccccc2)n1)S(C)(=O)=O. The van der Waals surface area contributed by atoms with E-state index in [1.54, 1.807) is 11.3 Å². The molecule has 0 unspecified atom stereocenters. The molecule has 0 saturated carbocycles. The molecule has 1 heterocycles. The maximum Gasteiger partial charge on any atom is 0.238 e.